The predicted octanol–water partition coefficient (Wildman–Crippen LogP) is 3.90. The van der Waals surface area contributed by atoms with Crippen LogP contribution in [-0.2, 0) is 4.74 Å². The Labute approximate surface area is 174 Å². The zero-order valence-corrected chi connectivity index (χ0v) is 16.8. The van der Waals surface area contributed by atoms with Gasteiger partial charge in [0, 0.05) is 18.2 Å². The fraction of sp³-hybridized carbons (Fsp3) is 0.222. The number of hydrogen-bond donors (Lipinski definition) is 1. The number of amides is 1. The highest BCUT2D eigenvalue weighted by Crippen LogP contribution is 2.33. The van der Waals surface area contributed by atoms with Gasteiger partial charge in [0.05, 0.1) is 39.8 Å². The van der Waals surface area contributed by atoms with Crippen molar-refractivity contribution >= 4 is 40.5 Å². The topological polar surface area (TPSA) is 151 Å². The fourth-order valence-electron chi connectivity index (χ4n) is 2.58. The molecule has 0 aliphatic heterocycles. The number of nitro benzene ring substituents is 2. The number of carbonyl (C=O) groups excluding carboxylic acids is 2. The second-order valence-corrected chi connectivity index (χ2v) is 6.27. The Balaban J connectivity index is 2.46. The molecule has 12 heteroatoms. The Morgan fingerprint density at radius 2 is 1.67 bits per heavy atom. The van der Waals surface area contributed by atoms with E-state index in [1.165, 1.54) is 26.2 Å². The highest BCUT2D eigenvalue weighted by molar-refractivity contribution is 6.34. The largest absolute Gasteiger partial charge is 0.496 e. The van der Waals surface area contributed by atoms with Gasteiger partial charge < -0.3 is 14.8 Å². The van der Waals surface area contributed by atoms with Crippen LogP contribution in [0.15, 0.2) is 24.3 Å². The minimum atomic E-state index is -0.881. The van der Waals surface area contributed by atoms with Gasteiger partial charge in [0.2, 0.25) is 0 Å². The van der Waals surface area contributed by atoms with E-state index in [0.29, 0.717) is 0 Å². The van der Waals surface area contributed by atoms with Gasteiger partial charge in [0.25, 0.3) is 17.3 Å². The Bertz CT molecular complexity index is 1020. The molecule has 0 unspecified atom stereocenters. The molecule has 11 nitrogen and oxygen atoms in total. The van der Waals surface area contributed by atoms with Crippen molar-refractivity contribution in [2.75, 3.05) is 19.0 Å². The first-order valence-corrected chi connectivity index (χ1v) is 8.77. The average Bonchev–Trinajstić information content (AvgIpc) is 2.68. The number of halogens is 1. The summed E-state index contributed by atoms with van der Waals surface area (Å²) in [6, 6.07) is 4.35. The second-order valence-electron chi connectivity index (χ2n) is 5.86. The monoisotopic (exact) mass is 437 g/mol. The van der Waals surface area contributed by atoms with Crippen LogP contribution >= 0.6 is 11.6 Å². The van der Waals surface area contributed by atoms with E-state index in [9.17, 15) is 29.8 Å². The number of methoxy groups -OCH3 is 1. The van der Waals surface area contributed by atoms with Gasteiger partial charge in [-0.15, -0.1) is 0 Å². The lowest BCUT2D eigenvalue weighted by Crippen LogP contribution is -2.14. The third-order valence-electron chi connectivity index (χ3n) is 4.04. The quantitative estimate of drug-likeness (QED) is 0.389. The lowest BCUT2D eigenvalue weighted by atomic mass is 10.1. The van der Waals surface area contributed by atoms with Crippen molar-refractivity contribution in [1.29, 1.82) is 0 Å². The number of ether oxygens (including phenoxy) is 2. The van der Waals surface area contributed by atoms with Crippen LogP contribution in [0, 0.1) is 27.2 Å². The number of nitrogens with zero attached hydrogens (tertiary/aromatic N) is 2. The van der Waals surface area contributed by atoms with Gasteiger partial charge in [-0.2, -0.15) is 0 Å². The molecule has 0 saturated heterocycles. The molecule has 1 amide bonds. The normalized spacial score (nSPS) is 10.3. The van der Waals surface area contributed by atoms with Crippen LogP contribution in [0.3, 0.4) is 0 Å². The lowest BCUT2D eigenvalue weighted by Gasteiger charge is -2.13. The molecule has 0 fully saturated rings. The molecule has 2 aromatic rings. The number of benzene rings is 2. The number of hydrogen-bond acceptors (Lipinski definition) is 8. The lowest BCUT2D eigenvalue weighted by molar-refractivity contribution is -0.395. The third-order valence-corrected chi connectivity index (χ3v) is 4.35. The minimum Gasteiger partial charge on any atom is -0.496 e. The van der Waals surface area contributed by atoms with Crippen LogP contribution in [-0.4, -0.2) is 35.4 Å². The summed E-state index contributed by atoms with van der Waals surface area (Å²) in [5, 5.41) is 24.7. The van der Waals surface area contributed by atoms with Gasteiger partial charge in [-0.05, 0) is 19.9 Å². The van der Waals surface area contributed by atoms with Crippen molar-refractivity contribution in [3.05, 3.63) is 66.2 Å². The smallest absolute Gasteiger partial charge is 0.341 e. The molecule has 0 aliphatic carbocycles. The summed E-state index contributed by atoms with van der Waals surface area (Å²) in [5.74, 6) is -1.50. The van der Waals surface area contributed by atoms with Gasteiger partial charge in [0.1, 0.15) is 16.9 Å². The second kappa shape index (κ2) is 9.18. The molecule has 1 N–H and O–H groups in total. The van der Waals surface area contributed by atoms with Crippen LogP contribution < -0.4 is 10.1 Å². The van der Waals surface area contributed by atoms with Crippen LogP contribution in [0.5, 0.6) is 5.75 Å². The average molecular weight is 438 g/mol. The molecule has 30 heavy (non-hydrogen) atoms. The van der Waals surface area contributed by atoms with E-state index in [1.807, 2.05) is 0 Å². The van der Waals surface area contributed by atoms with Crippen molar-refractivity contribution in [1.82, 2.24) is 0 Å². The van der Waals surface area contributed by atoms with Gasteiger partial charge in [-0.25, -0.2) is 4.79 Å². The summed E-state index contributed by atoms with van der Waals surface area (Å²) in [5.41, 5.74) is -1.59. The fourth-order valence-corrected chi connectivity index (χ4v) is 2.79. The minimum absolute atomic E-state index is 0.0254. The number of nitrogens with one attached hydrogen (secondary N) is 1. The molecule has 0 radical (unpaired) electrons. The Hall–Kier alpha value is -3.73. The maximum atomic E-state index is 12.6. The van der Waals surface area contributed by atoms with Gasteiger partial charge >= 0.3 is 5.97 Å². The molecular formula is C18H16ClN3O8. The maximum Gasteiger partial charge on any atom is 0.341 e. The van der Waals surface area contributed by atoms with Crippen LogP contribution in [0.4, 0.5) is 17.1 Å². The van der Waals surface area contributed by atoms with Crippen molar-refractivity contribution in [3.8, 4) is 5.75 Å². The van der Waals surface area contributed by atoms with Crippen molar-refractivity contribution < 1.29 is 28.9 Å². The Morgan fingerprint density at radius 1 is 1.10 bits per heavy atom. The predicted molar refractivity (Wildman–Crippen MR) is 106 cm³/mol. The third kappa shape index (κ3) is 4.63. The molecule has 0 spiro atoms. The highest BCUT2D eigenvalue weighted by Gasteiger charge is 2.26. The summed E-state index contributed by atoms with van der Waals surface area (Å²) in [6.45, 7) is 2.97. The van der Waals surface area contributed by atoms with Crippen LogP contribution in [0.25, 0.3) is 0 Å². The van der Waals surface area contributed by atoms with E-state index >= 15 is 0 Å². The molecule has 0 aliphatic rings. The Kier molecular flexibility index (Phi) is 6.90. The molecular weight excluding hydrogens is 422 g/mol. The standard InChI is InChI=1S/C18H16ClN3O8/c1-4-30-18(24)11-7-12(19)13(8-16(11)29-3)20-17(23)10-5-14(21(25)26)9(2)15(6-10)22(27)28/h5-8H,4H2,1-3H3,(H,20,23). The van der Waals surface area contributed by atoms with E-state index in [0.717, 1.165) is 12.1 Å². The molecule has 0 bridgehead atoms. The van der Waals surface area contributed by atoms with E-state index < -0.39 is 33.1 Å². The zero-order valence-electron chi connectivity index (χ0n) is 16.1. The van der Waals surface area contributed by atoms with Crippen LogP contribution in [0.2, 0.25) is 5.02 Å². The zero-order chi connectivity index (χ0) is 22.6. The summed E-state index contributed by atoms with van der Waals surface area (Å²) < 4.78 is 10.0. The maximum absolute atomic E-state index is 12.6. The number of carbonyl (C=O) groups is 2. The van der Waals surface area contributed by atoms with Crippen molar-refractivity contribution in [2.24, 2.45) is 0 Å². The molecule has 0 aromatic heterocycles. The molecule has 0 saturated carbocycles. The highest BCUT2D eigenvalue weighted by atomic mass is 35.5. The molecule has 0 heterocycles. The SMILES string of the molecule is CCOC(=O)c1cc(Cl)c(NC(=O)c2cc([N+](=O)[O-])c(C)c([N+](=O)[O-])c2)cc1OC. The molecule has 2 rings (SSSR count). The Morgan fingerprint density at radius 3 is 2.13 bits per heavy atom. The first-order valence-electron chi connectivity index (χ1n) is 8.40. The molecule has 158 valence electrons. The summed E-state index contributed by atoms with van der Waals surface area (Å²) in [6.07, 6.45) is 0. The number of anilines is 1. The van der Waals surface area contributed by atoms with Gasteiger partial charge in [0.15, 0.2) is 0 Å². The van der Waals surface area contributed by atoms with Crippen LogP contribution in [0.1, 0.15) is 33.2 Å². The van der Waals surface area contributed by atoms with E-state index in [2.05, 4.69) is 5.32 Å². The van der Waals surface area contributed by atoms with Gasteiger partial charge in [-0.3, -0.25) is 25.0 Å². The summed E-state index contributed by atoms with van der Waals surface area (Å²) in [4.78, 5) is 45.3. The number of esters is 1. The van der Waals surface area contributed by atoms with E-state index in [4.69, 9.17) is 21.1 Å². The molecule has 0 atom stereocenters. The van der Waals surface area contributed by atoms with E-state index in [1.54, 1.807) is 6.92 Å². The molecule has 2 aromatic carbocycles. The van der Waals surface area contributed by atoms with Crippen molar-refractivity contribution in [3.63, 3.8) is 0 Å². The van der Waals surface area contributed by atoms with Crippen molar-refractivity contribution in [2.45, 2.75) is 13.8 Å². The summed E-state index contributed by atoms with van der Waals surface area (Å²) in [7, 11) is 1.30. The number of nitro groups is 2. The summed E-state index contributed by atoms with van der Waals surface area (Å²) >= 11 is 6.13. The first kappa shape index (κ1) is 22.6. The van der Waals surface area contributed by atoms with E-state index in [-0.39, 0.29) is 39.8 Å². The van der Waals surface area contributed by atoms with Gasteiger partial charge in [-0.1, -0.05) is 11.6 Å². The number of rotatable bonds is 7. The first-order chi connectivity index (χ1) is 14.1.